The third-order valence-corrected chi connectivity index (χ3v) is 25.2. The normalized spacial score (nSPS) is 25.3. The maximum absolute atomic E-state index is 15.4. The van der Waals surface area contributed by atoms with E-state index in [1.807, 2.05) is 0 Å². The van der Waals surface area contributed by atoms with Crippen molar-refractivity contribution >= 4 is 297 Å². The van der Waals surface area contributed by atoms with E-state index < -0.39 is 22.2 Å². The van der Waals surface area contributed by atoms with Gasteiger partial charge in [0.2, 0.25) is 0 Å². The fourth-order valence-corrected chi connectivity index (χ4v) is 25.3. The second-order valence-electron chi connectivity index (χ2n) is 24.7. The summed E-state index contributed by atoms with van der Waals surface area (Å²) in [5.74, 6) is -0.590. The number of carboxylic acids is 1. The summed E-state index contributed by atoms with van der Waals surface area (Å²) >= 11 is 0. The Balaban J connectivity index is 1.28. The molecule has 5 aliphatic carbocycles. The fourth-order valence-electron chi connectivity index (χ4n) is 25.3. The van der Waals surface area contributed by atoms with Crippen LogP contribution in [-0.2, 0) is 15.6 Å². The molecular weight excluding hydrogens is 789 g/mol. The SMILES string of the molecule is CC1(C(=O)O)C23c4c5c6c7c8c9c(c%10c%11c2c2c4c4c%12c5c5c6c6c8c8c%13c9c9c%10c%10c%11c%11c2c2c4c4c%12c%12c5c5c6c8c6c8c%13c9c9c%10c%10c%11c2c2c4c4c%12c5c6c5c8c9c%10c2c45)C713. The molecule has 0 aliphatic heterocycles. The van der Waals surface area contributed by atoms with Crippen molar-refractivity contribution in [2.45, 2.75) is 17.8 Å². The maximum atomic E-state index is 15.4. The summed E-state index contributed by atoms with van der Waals surface area (Å²) in [5, 5.41) is 96.6. The van der Waals surface area contributed by atoms with E-state index in [-0.39, 0.29) is 0 Å². The fraction of sp³-hybridized carbons (Fsp3) is 0.0635. The van der Waals surface area contributed by atoms with Gasteiger partial charge in [-0.25, -0.2) is 0 Å². The molecule has 0 amide bonds. The molecule has 1 fully saturated rings. The molecule has 2 heteroatoms. The topological polar surface area (TPSA) is 37.3 Å². The highest BCUT2D eigenvalue weighted by molar-refractivity contribution is 6.82. The molecule has 0 bridgehead atoms. The molecule has 0 unspecified atom stereocenters. The van der Waals surface area contributed by atoms with Crippen molar-refractivity contribution in [2.75, 3.05) is 0 Å². The number of carbonyl (C=O) groups is 1. The molecule has 28 aromatic rings. The van der Waals surface area contributed by atoms with Crippen LogP contribution in [0, 0.1) is 5.41 Å². The van der Waals surface area contributed by atoms with Crippen LogP contribution in [0.1, 0.15) is 29.2 Å². The molecule has 5 aliphatic rings. The van der Waals surface area contributed by atoms with E-state index in [4.69, 9.17) is 0 Å². The summed E-state index contributed by atoms with van der Waals surface area (Å²) in [4.78, 5) is 15.4. The van der Waals surface area contributed by atoms with Gasteiger partial charge in [0.05, 0.1) is 16.2 Å². The zero-order valence-electron chi connectivity index (χ0n) is 32.9. The Labute approximate surface area is 350 Å². The Bertz CT molecular complexity index is 6530. The molecule has 0 heterocycles. The molecule has 0 radical (unpaired) electrons. The van der Waals surface area contributed by atoms with E-state index in [1.165, 1.54) is 108 Å². The van der Waals surface area contributed by atoms with Crippen LogP contribution >= 0.6 is 0 Å². The minimum atomic E-state index is -1.04. The smallest absolute Gasteiger partial charge is 0.311 e. The first-order chi connectivity index (χ1) is 32.2. The summed E-state index contributed by atoms with van der Waals surface area (Å²) in [6.45, 7) is 2.28. The predicted octanol–water partition coefficient (Wildman–Crippen LogP) is 16.4. The van der Waals surface area contributed by atoms with Gasteiger partial charge in [-0.1, -0.05) is 0 Å². The summed E-state index contributed by atoms with van der Waals surface area (Å²) in [6.07, 6.45) is 0. The highest BCUT2D eigenvalue weighted by Crippen LogP contribution is 2.96. The van der Waals surface area contributed by atoms with Gasteiger partial charge >= 0.3 is 5.97 Å². The lowest BCUT2D eigenvalue weighted by atomic mass is 9.68. The third-order valence-electron chi connectivity index (χ3n) is 25.2. The molecule has 28 aromatic carbocycles. The van der Waals surface area contributed by atoms with Gasteiger partial charge in [0, 0.05) is 0 Å². The molecule has 65 heavy (non-hydrogen) atoms. The van der Waals surface area contributed by atoms with Crippen molar-refractivity contribution in [1.29, 1.82) is 0 Å². The van der Waals surface area contributed by atoms with E-state index in [2.05, 4.69) is 6.92 Å². The second kappa shape index (κ2) is 4.83. The number of aliphatic carboxylic acids is 1. The lowest BCUT2D eigenvalue weighted by Crippen LogP contribution is -2.27. The van der Waals surface area contributed by atoms with Crippen LogP contribution in [0.2, 0.25) is 0 Å². The largest absolute Gasteiger partial charge is 0.481 e. The van der Waals surface area contributed by atoms with Crippen LogP contribution in [-0.4, -0.2) is 11.1 Å². The second-order valence-corrected chi connectivity index (χ2v) is 24.7. The molecule has 0 atom stereocenters. The molecule has 33 rings (SSSR count). The number of benzene rings is 18. The van der Waals surface area contributed by atoms with E-state index in [1.54, 1.807) is 205 Å². The van der Waals surface area contributed by atoms with Crippen molar-refractivity contribution < 1.29 is 9.90 Å². The highest BCUT2D eigenvalue weighted by atomic mass is 16.4. The van der Waals surface area contributed by atoms with Gasteiger partial charge in [-0.3, -0.25) is 4.79 Å². The van der Waals surface area contributed by atoms with Crippen LogP contribution in [0.25, 0.3) is 291 Å². The Hall–Kier alpha value is -8.07. The Morgan fingerprint density at radius 1 is 0.215 bits per heavy atom. The number of rotatable bonds is 1. The predicted molar refractivity (Wildman–Crippen MR) is 270 cm³/mol. The Kier molecular flexibility index (Phi) is 1.71. The summed E-state index contributed by atoms with van der Waals surface area (Å²) in [6, 6.07) is 0. The first-order valence-corrected chi connectivity index (χ1v) is 24.2. The maximum Gasteiger partial charge on any atom is 0.311 e. The van der Waals surface area contributed by atoms with E-state index in [0.29, 0.717) is 0 Å². The van der Waals surface area contributed by atoms with Gasteiger partial charge in [0.15, 0.2) is 0 Å². The average molecular weight is 793 g/mol. The molecule has 0 saturated heterocycles. The molecule has 1 saturated carbocycles. The van der Waals surface area contributed by atoms with Gasteiger partial charge < -0.3 is 5.11 Å². The molecular formula is C63H4O2. The standard InChI is InChI=1S/C63H4O2/c1-61(60(64)65)62-56-48-40-30-20-12-4-2-3-6-10-8(4)16-24-18(10)28-22-14(6)15-7(3)11-9-5(2)13(12)21-27-17(9)25-19(11)29-23(15)33-32(22)42-36(28)46-38(24)44(34(40)26(16)20)52(56)54(46)58-50(42)51-43(33)37(29)47-39(25)45-35(27)41(31(21)30)49(48)57(62)53(45)55(47)59(51)63(58,61)62/h1H3,(H,64,65). The number of carboxylic acid groups (broad SMARTS) is 1. The van der Waals surface area contributed by atoms with E-state index in [0.717, 1.165) is 0 Å². The first kappa shape index (κ1) is 23.0. The zero-order chi connectivity index (χ0) is 38.6. The Morgan fingerprint density at radius 2 is 0.308 bits per heavy atom. The van der Waals surface area contributed by atoms with Crippen molar-refractivity contribution in [1.82, 2.24) is 0 Å². The quantitative estimate of drug-likeness (QED) is 0.168. The Morgan fingerprint density at radius 3 is 0.400 bits per heavy atom. The van der Waals surface area contributed by atoms with Crippen LogP contribution in [0.5, 0.6) is 0 Å². The van der Waals surface area contributed by atoms with Gasteiger partial charge in [0.25, 0.3) is 0 Å². The lowest BCUT2D eigenvalue weighted by molar-refractivity contribution is -0.143. The molecule has 268 valence electrons. The molecule has 2 nitrogen and oxygen atoms in total. The van der Waals surface area contributed by atoms with Crippen molar-refractivity contribution in [2.24, 2.45) is 5.41 Å². The van der Waals surface area contributed by atoms with E-state index in [9.17, 15) is 5.11 Å². The highest BCUT2D eigenvalue weighted by Gasteiger charge is 2.95. The third kappa shape index (κ3) is 1.09. The van der Waals surface area contributed by atoms with Crippen molar-refractivity contribution in [3.8, 4) is 0 Å². The minimum Gasteiger partial charge on any atom is -0.481 e. The number of hydrogen-bond donors (Lipinski definition) is 1. The van der Waals surface area contributed by atoms with Crippen LogP contribution < -0.4 is 0 Å². The summed E-state index contributed by atoms with van der Waals surface area (Å²) in [5.41, 5.74) is 3.45. The summed E-state index contributed by atoms with van der Waals surface area (Å²) in [7, 11) is 0. The summed E-state index contributed by atoms with van der Waals surface area (Å²) < 4.78 is 0. The molecule has 2 spiro atoms. The van der Waals surface area contributed by atoms with Crippen LogP contribution in [0.15, 0.2) is 0 Å². The van der Waals surface area contributed by atoms with Gasteiger partial charge in [-0.15, -0.1) is 0 Å². The van der Waals surface area contributed by atoms with Gasteiger partial charge in [-0.05, 0) is 320 Å². The first-order valence-electron chi connectivity index (χ1n) is 24.2. The lowest BCUT2D eigenvalue weighted by Gasteiger charge is -2.32. The van der Waals surface area contributed by atoms with E-state index >= 15 is 4.79 Å². The van der Waals surface area contributed by atoms with Crippen LogP contribution in [0.3, 0.4) is 0 Å². The van der Waals surface area contributed by atoms with Crippen molar-refractivity contribution in [3.63, 3.8) is 0 Å². The van der Waals surface area contributed by atoms with Gasteiger partial charge in [0.1, 0.15) is 0 Å². The number of hydrogen-bond acceptors (Lipinski definition) is 1. The van der Waals surface area contributed by atoms with Crippen LogP contribution in [0.4, 0.5) is 0 Å². The minimum absolute atomic E-state index is 0.590. The van der Waals surface area contributed by atoms with Gasteiger partial charge in [-0.2, -0.15) is 0 Å². The molecule has 0 aromatic heterocycles. The monoisotopic (exact) mass is 792 g/mol. The average Bonchev–Trinajstić information content (AvgIpc) is 4.15. The van der Waals surface area contributed by atoms with Crippen molar-refractivity contribution in [3.05, 3.63) is 22.3 Å². The zero-order valence-corrected chi connectivity index (χ0v) is 32.9. The molecule has 1 N–H and O–H groups in total.